The molecule has 8 heteroatoms. The van der Waals surface area contributed by atoms with Crippen LogP contribution in [0.4, 0.5) is 14.6 Å². The lowest BCUT2D eigenvalue weighted by Crippen LogP contribution is -2.17. The summed E-state index contributed by atoms with van der Waals surface area (Å²) in [5.41, 5.74) is 0.741. The molecule has 0 unspecified atom stereocenters. The van der Waals surface area contributed by atoms with E-state index in [-0.39, 0.29) is 24.3 Å². The van der Waals surface area contributed by atoms with Crippen molar-refractivity contribution in [1.29, 1.82) is 0 Å². The van der Waals surface area contributed by atoms with E-state index >= 15 is 0 Å². The van der Waals surface area contributed by atoms with E-state index in [0.29, 0.717) is 6.67 Å². The van der Waals surface area contributed by atoms with Gasteiger partial charge in [0.15, 0.2) is 11.6 Å². The summed E-state index contributed by atoms with van der Waals surface area (Å²) in [5, 5.41) is 0. The number of ether oxygens (including phenoxy) is 1. The minimum absolute atomic E-state index is 0.0138. The van der Waals surface area contributed by atoms with E-state index in [1.807, 2.05) is 0 Å². The van der Waals surface area contributed by atoms with E-state index in [2.05, 4.69) is 20.0 Å². The molecule has 24 heavy (non-hydrogen) atoms. The fourth-order valence-corrected chi connectivity index (χ4v) is 1.83. The number of allylic oxidation sites excluding steroid dienone is 1. The number of aliphatic imine (C=N–C) groups is 2. The van der Waals surface area contributed by atoms with Crippen LogP contribution in [-0.2, 0) is 6.61 Å². The Labute approximate surface area is 136 Å². The van der Waals surface area contributed by atoms with Crippen molar-refractivity contribution < 1.29 is 13.5 Å². The first-order valence-electron chi connectivity index (χ1n) is 7.07. The molecule has 0 bridgehead atoms. The molecule has 0 radical (unpaired) electrons. The van der Waals surface area contributed by atoms with Crippen LogP contribution < -0.4 is 4.74 Å². The summed E-state index contributed by atoms with van der Waals surface area (Å²) in [7, 11) is 0. The first-order chi connectivity index (χ1) is 11.7. The SMILES string of the molecule is Fc1ccc(COc2ncc(F)c(N=CN3C=CC=NC3)n2)cc1. The third-order valence-electron chi connectivity index (χ3n) is 3.03. The first-order valence-corrected chi connectivity index (χ1v) is 7.07. The average Bonchev–Trinajstić information content (AvgIpc) is 2.62. The van der Waals surface area contributed by atoms with Crippen molar-refractivity contribution in [3.05, 3.63) is 59.9 Å². The molecule has 0 saturated carbocycles. The molecule has 0 N–H and O–H groups in total. The molecular weight excluding hydrogens is 316 g/mol. The molecule has 1 aromatic carbocycles. The molecule has 0 amide bonds. The van der Waals surface area contributed by atoms with Crippen molar-refractivity contribution in [2.45, 2.75) is 6.61 Å². The van der Waals surface area contributed by atoms with Gasteiger partial charge in [0.1, 0.15) is 19.1 Å². The number of halogens is 2. The van der Waals surface area contributed by atoms with E-state index in [1.165, 1.54) is 18.5 Å². The first kappa shape index (κ1) is 15.7. The predicted molar refractivity (Wildman–Crippen MR) is 85.2 cm³/mol. The lowest BCUT2D eigenvalue weighted by Gasteiger charge is -2.13. The molecule has 1 aromatic heterocycles. The second-order valence-electron chi connectivity index (χ2n) is 4.81. The minimum Gasteiger partial charge on any atom is -0.459 e. The molecule has 1 aliphatic heterocycles. The number of hydrogen-bond acceptors (Lipinski definition) is 5. The molecule has 0 aliphatic carbocycles. The van der Waals surface area contributed by atoms with Crippen molar-refractivity contribution in [3.8, 4) is 6.01 Å². The highest BCUT2D eigenvalue weighted by molar-refractivity contribution is 5.74. The number of nitrogens with zero attached hydrogens (tertiary/aromatic N) is 5. The Balaban J connectivity index is 1.66. The van der Waals surface area contributed by atoms with E-state index in [1.54, 1.807) is 35.5 Å². The minimum atomic E-state index is -0.662. The third-order valence-corrected chi connectivity index (χ3v) is 3.03. The number of rotatable bonds is 5. The van der Waals surface area contributed by atoms with Crippen LogP contribution in [0.15, 0.2) is 52.7 Å². The van der Waals surface area contributed by atoms with Crippen LogP contribution in [0.25, 0.3) is 0 Å². The van der Waals surface area contributed by atoms with E-state index in [4.69, 9.17) is 4.74 Å². The number of aromatic nitrogens is 2. The molecule has 0 saturated heterocycles. The standard InChI is InChI=1S/C16H13F2N5O/c17-13-4-2-12(3-5-13)9-24-16-20-8-14(18)15(22-16)21-11-23-7-1-6-19-10-23/h1-8,11H,9-10H2. The van der Waals surface area contributed by atoms with Crippen LogP contribution in [0.2, 0.25) is 0 Å². The molecule has 0 fully saturated rings. The summed E-state index contributed by atoms with van der Waals surface area (Å²) in [6.07, 6.45) is 7.56. The van der Waals surface area contributed by atoms with E-state index in [0.717, 1.165) is 11.8 Å². The average molecular weight is 329 g/mol. The number of benzene rings is 1. The predicted octanol–water partition coefficient (Wildman–Crippen LogP) is 2.85. The zero-order valence-electron chi connectivity index (χ0n) is 12.5. The smallest absolute Gasteiger partial charge is 0.318 e. The molecule has 2 heterocycles. The topological polar surface area (TPSA) is 63.0 Å². The zero-order chi connectivity index (χ0) is 16.8. The van der Waals surface area contributed by atoms with Gasteiger partial charge in [-0.3, -0.25) is 4.99 Å². The summed E-state index contributed by atoms with van der Waals surface area (Å²) < 4.78 is 32.0. The van der Waals surface area contributed by atoms with E-state index in [9.17, 15) is 8.78 Å². The summed E-state index contributed by atoms with van der Waals surface area (Å²) in [4.78, 5) is 17.3. The van der Waals surface area contributed by atoms with Gasteiger partial charge in [0, 0.05) is 12.4 Å². The second kappa shape index (κ2) is 7.40. The molecule has 0 spiro atoms. The Morgan fingerprint density at radius 2 is 2.08 bits per heavy atom. The normalized spacial score (nSPS) is 13.7. The van der Waals surface area contributed by atoms with Crippen LogP contribution in [0, 0.1) is 11.6 Å². The molecular formula is C16H13F2N5O. The molecule has 2 aromatic rings. The molecule has 122 valence electrons. The Morgan fingerprint density at radius 3 is 2.83 bits per heavy atom. The zero-order valence-corrected chi connectivity index (χ0v) is 12.5. The molecule has 3 rings (SSSR count). The highest BCUT2D eigenvalue weighted by Gasteiger charge is 2.07. The summed E-state index contributed by atoms with van der Waals surface area (Å²) in [6.45, 7) is 0.541. The maximum atomic E-state index is 13.7. The summed E-state index contributed by atoms with van der Waals surface area (Å²) in [5.74, 6) is -1.13. The Kier molecular flexibility index (Phi) is 4.85. The van der Waals surface area contributed by atoms with Gasteiger partial charge in [-0.2, -0.15) is 4.98 Å². The second-order valence-corrected chi connectivity index (χ2v) is 4.81. The maximum absolute atomic E-state index is 13.7. The lowest BCUT2D eigenvalue weighted by molar-refractivity contribution is 0.279. The number of hydrogen-bond donors (Lipinski definition) is 0. The van der Waals surface area contributed by atoms with Gasteiger partial charge in [-0.1, -0.05) is 12.1 Å². The van der Waals surface area contributed by atoms with Crippen molar-refractivity contribution in [1.82, 2.24) is 14.9 Å². The van der Waals surface area contributed by atoms with Gasteiger partial charge in [-0.15, -0.1) is 0 Å². The van der Waals surface area contributed by atoms with Crippen LogP contribution >= 0.6 is 0 Å². The lowest BCUT2D eigenvalue weighted by atomic mass is 10.2. The van der Waals surface area contributed by atoms with Crippen LogP contribution in [0.1, 0.15) is 5.56 Å². The van der Waals surface area contributed by atoms with Crippen LogP contribution in [0.3, 0.4) is 0 Å². The van der Waals surface area contributed by atoms with Gasteiger partial charge < -0.3 is 9.64 Å². The highest BCUT2D eigenvalue weighted by Crippen LogP contribution is 2.17. The van der Waals surface area contributed by atoms with Crippen LogP contribution in [-0.4, -0.2) is 34.1 Å². The highest BCUT2D eigenvalue weighted by atomic mass is 19.1. The fourth-order valence-electron chi connectivity index (χ4n) is 1.83. The summed E-state index contributed by atoms with van der Waals surface area (Å²) >= 11 is 0. The van der Waals surface area contributed by atoms with Crippen molar-refractivity contribution in [3.63, 3.8) is 0 Å². The monoisotopic (exact) mass is 329 g/mol. The van der Waals surface area contributed by atoms with Crippen molar-refractivity contribution in [2.24, 2.45) is 9.98 Å². The molecule has 0 atom stereocenters. The van der Waals surface area contributed by atoms with Crippen molar-refractivity contribution in [2.75, 3.05) is 6.67 Å². The Bertz CT molecular complexity index is 790. The van der Waals surface area contributed by atoms with Gasteiger partial charge >= 0.3 is 6.01 Å². The largest absolute Gasteiger partial charge is 0.459 e. The molecule has 1 aliphatic rings. The van der Waals surface area contributed by atoms with Gasteiger partial charge in [-0.05, 0) is 23.8 Å². The Hall–Kier alpha value is -3.16. The van der Waals surface area contributed by atoms with Gasteiger partial charge in [0.25, 0.3) is 0 Å². The third kappa shape index (κ3) is 4.19. The quantitative estimate of drug-likeness (QED) is 0.625. The molecule has 6 nitrogen and oxygen atoms in total. The maximum Gasteiger partial charge on any atom is 0.318 e. The van der Waals surface area contributed by atoms with Gasteiger partial charge in [0.2, 0.25) is 0 Å². The van der Waals surface area contributed by atoms with E-state index < -0.39 is 5.82 Å². The fraction of sp³-hybridized carbons (Fsp3) is 0.125. The summed E-state index contributed by atoms with van der Waals surface area (Å²) in [6, 6.07) is 5.81. The Morgan fingerprint density at radius 1 is 1.25 bits per heavy atom. The van der Waals surface area contributed by atoms with Crippen LogP contribution in [0.5, 0.6) is 6.01 Å². The van der Waals surface area contributed by atoms with Crippen molar-refractivity contribution >= 4 is 18.4 Å². The van der Waals surface area contributed by atoms with Gasteiger partial charge in [-0.25, -0.2) is 18.8 Å². The van der Waals surface area contributed by atoms with Gasteiger partial charge in [0.05, 0.1) is 12.5 Å².